The van der Waals surface area contributed by atoms with Crippen molar-refractivity contribution in [2.75, 3.05) is 13.1 Å². The Hall–Kier alpha value is -2.14. The van der Waals surface area contributed by atoms with Gasteiger partial charge in [0.05, 0.1) is 5.69 Å². The molecular formula is C16H19N3O2. The molecule has 1 saturated heterocycles. The van der Waals surface area contributed by atoms with Crippen molar-refractivity contribution in [3.05, 3.63) is 52.9 Å². The normalized spacial score (nSPS) is 21.8. The maximum absolute atomic E-state index is 12.6. The van der Waals surface area contributed by atoms with Crippen LogP contribution in [0.15, 0.2) is 34.9 Å². The van der Waals surface area contributed by atoms with E-state index in [1.165, 1.54) is 5.56 Å². The summed E-state index contributed by atoms with van der Waals surface area (Å²) in [5.41, 5.74) is 8.61. The number of carbonyl (C=O) groups is 1. The Balaban J connectivity index is 1.82. The van der Waals surface area contributed by atoms with Gasteiger partial charge in [-0.05, 0) is 19.4 Å². The van der Waals surface area contributed by atoms with Crippen molar-refractivity contribution in [1.29, 1.82) is 0 Å². The number of hydrogen-bond donors (Lipinski definition) is 1. The molecule has 0 radical (unpaired) electrons. The topological polar surface area (TPSA) is 72.4 Å². The van der Waals surface area contributed by atoms with Gasteiger partial charge in [0.2, 0.25) is 0 Å². The molecule has 21 heavy (non-hydrogen) atoms. The quantitative estimate of drug-likeness (QED) is 0.914. The molecule has 0 aliphatic carbocycles. The molecular weight excluding hydrogens is 266 g/mol. The zero-order valence-electron chi connectivity index (χ0n) is 12.2. The van der Waals surface area contributed by atoms with Crippen LogP contribution in [0.25, 0.3) is 0 Å². The van der Waals surface area contributed by atoms with Gasteiger partial charge in [0, 0.05) is 25.0 Å². The van der Waals surface area contributed by atoms with Crippen molar-refractivity contribution >= 4 is 5.91 Å². The molecule has 2 heterocycles. The third-order valence-corrected chi connectivity index (χ3v) is 4.13. The molecule has 0 saturated carbocycles. The second kappa shape index (κ2) is 5.33. The standard InChI is InChI=1S/C16H19N3O2/c1-10-15(11(2)21-18-10)16(20)19-8-13(14(17)9-19)12-6-4-3-5-7-12/h3-7,13-14H,8-9,17H2,1-2H3/t13-,14+/m0/s1. The third-order valence-electron chi connectivity index (χ3n) is 4.13. The van der Waals surface area contributed by atoms with Gasteiger partial charge >= 0.3 is 0 Å². The number of carbonyl (C=O) groups excluding carboxylic acids is 1. The van der Waals surface area contributed by atoms with E-state index in [0.29, 0.717) is 30.1 Å². The Bertz CT molecular complexity index is 631. The molecule has 1 fully saturated rings. The minimum atomic E-state index is -0.0446. The van der Waals surface area contributed by atoms with E-state index in [4.69, 9.17) is 10.3 Å². The maximum Gasteiger partial charge on any atom is 0.259 e. The van der Waals surface area contributed by atoms with E-state index in [0.717, 1.165) is 0 Å². The van der Waals surface area contributed by atoms with E-state index in [-0.39, 0.29) is 17.9 Å². The number of rotatable bonds is 2. The van der Waals surface area contributed by atoms with E-state index in [1.54, 1.807) is 18.7 Å². The largest absolute Gasteiger partial charge is 0.361 e. The van der Waals surface area contributed by atoms with Gasteiger partial charge in [-0.2, -0.15) is 0 Å². The molecule has 1 aliphatic rings. The molecule has 2 atom stereocenters. The number of benzene rings is 1. The zero-order chi connectivity index (χ0) is 15.0. The lowest BCUT2D eigenvalue weighted by molar-refractivity contribution is 0.0787. The van der Waals surface area contributed by atoms with E-state index < -0.39 is 0 Å². The van der Waals surface area contributed by atoms with Crippen LogP contribution < -0.4 is 5.73 Å². The summed E-state index contributed by atoms with van der Waals surface area (Å²) in [5, 5.41) is 3.85. The average Bonchev–Trinajstić information content (AvgIpc) is 3.03. The second-order valence-electron chi connectivity index (χ2n) is 5.59. The molecule has 1 aromatic heterocycles. The van der Waals surface area contributed by atoms with Gasteiger partial charge in [-0.3, -0.25) is 4.79 Å². The van der Waals surface area contributed by atoms with Crippen molar-refractivity contribution in [2.45, 2.75) is 25.8 Å². The Morgan fingerprint density at radius 3 is 2.62 bits per heavy atom. The molecule has 0 unspecified atom stereocenters. The number of likely N-dealkylation sites (tertiary alicyclic amines) is 1. The lowest BCUT2D eigenvalue weighted by Gasteiger charge is -2.16. The first-order chi connectivity index (χ1) is 10.1. The number of hydrogen-bond acceptors (Lipinski definition) is 4. The van der Waals surface area contributed by atoms with Gasteiger partial charge in [-0.25, -0.2) is 0 Å². The number of amides is 1. The van der Waals surface area contributed by atoms with Crippen LogP contribution in [0.4, 0.5) is 0 Å². The molecule has 110 valence electrons. The van der Waals surface area contributed by atoms with E-state index in [9.17, 15) is 4.79 Å². The molecule has 3 rings (SSSR count). The van der Waals surface area contributed by atoms with Crippen LogP contribution in [-0.4, -0.2) is 35.1 Å². The fourth-order valence-corrected chi connectivity index (χ4v) is 2.99. The summed E-state index contributed by atoms with van der Waals surface area (Å²) < 4.78 is 5.09. The summed E-state index contributed by atoms with van der Waals surface area (Å²) in [6.45, 7) is 4.74. The molecule has 5 heteroatoms. The number of aromatic nitrogens is 1. The zero-order valence-corrected chi connectivity index (χ0v) is 12.2. The van der Waals surface area contributed by atoms with Crippen molar-refractivity contribution in [3.63, 3.8) is 0 Å². The average molecular weight is 285 g/mol. The molecule has 5 nitrogen and oxygen atoms in total. The Labute approximate surface area is 123 Å². The molecule has 0 spiro atoms. The Morgan fingerprint density at radius 1 is 1.29 bits per heavy atom. The SMILES string of the molecule is Cc1noc(C)c1C(=O)N1C[C@@H](N)[C@H](c2ccccc2)C1. The van der Waals surface area contributed by atoms with Gasteiger partial charge in [0.25, 0.3) is 5.91 Å². The summed E-state index contributed by atoms with van der Waals surface area (Å²) in [7, 11) is 0. The van der Waals surface area contributed by atoms with Crippen LogP contribution in [0.3, 0.4) is 0 Å². The first kappa shape index (κ1) is 13.8. The fraction of sp³-hybridized carbons (Fsp3) is 0.375. The van der Waals surface area contributed by atoms with E-state index in [1.807, 2.05) is 18.2 Å². The number of nitrogens with zero attached hydrogens (tertiary/aromatic N) is 2. The van der Waals surface area contributed by atoms with Crippen molar-refractivity contribution < 1.29 is 9.32 Å². The lowest BCUT2D eigenvalue weighted by atomic mass is 9.95. The molecule has 1 aromatic carbocycles. The van der Waals surface area contributed by atoms with Crippen molar-refractivity contribution in [3.8, 4) is 0 Å². The minimum Gasteiger partial charge on any atom is -0.361 e. The number of aryl methyl sites for hydroxylation is 2. The fourth-order valence-electron chi connectivity index (χ4n) is 2.99. The van der Waals surface area contributed by atoms with Gasteiger partial charge in [0.1, 0.15) is 11.3 Å². The summed E-state index contributed by atoms with van der Waals surface area (Å²) >= 11 is 0. The van der Waals surface area contributed by atoms with Crippen LogP contribution in [0, 0.1) is 13.8 Å². The van der Waals surface area contributed by atoms with Crippen LogP contribution in [0.2, 0.25) is 0 Å². The maximum atomic E-state index is 12.6. The highest BCUT2D eigenvalue weighted by molar-refractivity contribution is 5.96. The van der Waals surface area contributed by atoms with Gasteiger partial charge in [-0.1, -0.05) is 35.5 Å². The Kier molecular flexibility index (Phi) is 3.51. The third kappa shape index (κ3) is 2.45. The van der Waals surface area contributed by atoms with Crippen LogP contribution in [0.1, 0.15) is 33.3 Å². The van der Waals surface area contributed by atoms with Gasteiger partial charge in [0.15, 0.2) is 0 Å². The van der Waals surface area contributed by atoms with Crippen LogP contribution in [-0.2, 0) is 0 Å². The highest BCUT2D eigenvalue weighted by Crippen LogP contribution is 2.28. The molecule has 2 N–H and O–H groups in total. The van der Waals surface area contributed by atoms with Gasteiger partial charge in [-0.15, -0.1) is 0 Å². The van der Waals surface area contributed by atoms with Crippen LogP contribution in [0.5, 0.6) is 0 Å². The highest BCUT2D eigenvalue weighted by Gasteiger charge is 2.35. The van der Waals surface area contributed by atoms with E-state index >= 15 is 0 Å². The summed E-state index contributed by atoms with van der Waals surface area (Å²) in [6, 6.07) is 10.1. The first-order valence-electron chi connectivity index (χ1n) is 7.10. The molecule has 0 bridgehead atoms. The summed E-state index contributed by atoms with van der Waals surface area (Å²) in [5.74, 6) is 0.699. The minimum absolute atomic E-state index is 0.0415. The van der Waals surface area contributed by atoms with Crippen LogP contribution >= 0.6 is 0 Å². The highest BCUT2D eigenvalue weighted by atomic mass is 16.5. The lowest BCUT2D eigenvalue weighted by Crippen LogP contribution is -2.32. The second-order valence-corrected chi connectivity index (χ2v) is 5.59. The number of nitrogens with two attached hydrogens (primary N) is 1. The summed E-state index contributed by atoms with van der Waals surface area (Å²) in [4.78, 5) is 14.4. The molecule has 1 aliphatic heterocycles. The molecule has 2 aromatic rings. The monoisotopic (exact) mass is 285 g/mol. The summed E-state index contributed by atoms with van der Waals surface area (Å²) in [6.07, 6.45) is 0. The van der Waals surface area contributed by atoms with Crippen molar-refractivity contribution in [2.24, 2.45) is 5.73 Å². The smallest absolute Gasteiger partial charge is 0.259 e. The first-order valence-corrected chi connectivity index (χ1v) is 7.10. The predicted octanol–water partition coefficient (Wildman–Crippen LogP) is 1.86. The predicted molar refractivity (Wildman–Crippen MR) is 79.0 cm³/mol. The van der Waals surface area contributed by atoms with Gasteiger partial charge < -0.3 is 15.2 Å². The molecule has 1 amide bonds. The van der Waals surface area contributed by atoms with E-state index in [2.05, 4.69) is 17.3 Å². The Morgan fingerprint density at radius 2 is 2.00 bits per heavy atom. The van der Waals surface area contributed by atoms with Crippen molar-refractivity contribution in [1.82, 2.24) is 10.1 Å².